The number of amides is 1. The maximum atomic E-state index is 12.4. The number of rotatable bonds is 5. The molecule has 0 aliphatic heterocycles. The molecule has 4 nitrogen and oxygen atoms in total. The fraction of sp³-hybridized carbons (Fsp3) is 0.278. The molecule has 2 aromatic carbocycles. The van der Waals surface area contributed by atoms with Crippen molar-refractivity contribution in [1.29, 1.82) is 0 Å². The number of nitrogens with one attached hydrogen (secondary N) is 1. The van der Waals surface area contributed by atoms with E-state index >= 15 is 0 Å². The molecule has 0 heterocycles. The number of hydrogen-bond acceptors (Lipinski definition) is 3. The Morgan fingerprint density at radius 1 is 1.23 bits per heavy atom. The summed E-state index contributed by atoms with van der Waals surface area (Å²) in [5.41, 5.74) is 9.20. The minimum atomic E-state index is -0.539. The third-order valence-electron chi connectivity index (χ3n) is 3.56. The number of nitrogens with two attached hydrogens (primary N) is 1. The van der Waals surface area contributed by atoms with E-state index in [-0.39, 0.29) is 5.91 Å². The molecular formula is C18H22N2O2. The topological polar surface area (TPSA) is 64.3 Å². The van der Waals surface area contributed by atoms with Crippen molar-refractivity contribution >= 4 is 17.3 Å². The average Bonchev–Trinajstić information content (AvgIpc) is 2.49. The zero-order chi connectivity index (χ0) is 16.1. The third kappa shape index (κ3) is 3.79. The number of anilines is 2. The number of benzene rings is 2. The molecule has 0 unspecified atom stereocenters. The Kier molecular flexibility index (Phi) is 5.04. The SMILES string of the molecule is CC[C@@H](Oc1cccc(C)c1)C(=O)Nc1cccc(N)c1C. The van der Waals surface area contributed by atoms with Crippen LogP contribution in [0, 0.1) is 13.8 Å². The maximum absolute atomic E-state index is 12.4. The van der Waals surface area contributed by atoms with Crippen LogP contribution in [0.15, 0.2) is 42.5 Å². The average molecular weight is 298 g/mol. The number of aryl methyl sites for hydroxylation is 1. The molecule has 0 spiro atoms. The first kappa shape index (κ1) is 15.9. The molecular weight excluding hydrogens is 276 g/mol. The fourth-order valence-corrected chi connectivity index (χ4v) is 2.18. The van der Waals surface area contributed by atoms with Gasteiger partial charge < -0.3 is 15.8 Å². The summed E-state index contributed by atoms with van der Waals surface area (Å²) in [5.74, 6) is 0.531. The van der Waals surface area contributed by atoms with Gasteiger partial charge in [0.2, 0.25) is 0 Å². The van der Waals surface area contributed by atoms with E-state index in [0.29, 0.717) is 17.9 Å². The predicted molar refractivity (Wildman–Crippen MR) is 90.1 cm³/mol. The number of ether oxygens (including phenoxy) is 1. The molecule has 3 N–H and O–H groups in total. The molecule has 0 bridgehead atoms. The Hall–Kier alpha value is -2.49. The van der Waals surface area contributed by atoms with Gasteiger partial charge in [0.25, 0.3) is 5.91 Å². The van der Waals surface area contributed by atoms with Crippen LogP contribution in [-0.2, 0) is 4.79 Å². The lowest BCUT2D eigenvalue weighted by Crippen LogP contribution is -2.32. The van der Waals surface area contributed by atoms with E-state index in [1.807, 2.05) is 63.2 Å². The molecule has 0 aromatic heterocycles. The molecule has 0 fully saturated rings. The second-order valence-electron chi connectivity index (χ2n) is 5.34. The van der Waals surface area contributed by atoms with Crippen LogP contribution in [0.4, 0.5) is 11.4 Å². The van der Waals surface area contributed by atoms with Gasteiger partial charge in [-0.2, -0.15) is 0 Å². The van der Waals surface area contributed by atoms with Crippen molar-refractivity contribution in [1.82, 2.24) is 0 Å². The summed E-state index contributed by atoms with van der Waals surface area (Å²) in [5, 5.41) is 2.89. The Labute approximate surface area is 131 Å². The van der Waals surface area contributed by atoms with Crippen molar-refractivity contribution < 1.29 is 9.53 Å². The summed E-state index contributed by atoms with van der Waals surface area (Å²) in [7, 11) is 0. The highest BCUT2D eigenvalue weighted by molar-refractivity contribution is 5.95. The van der Waals surface area contributed by atoms with E-state index < -0.39 is 6.10 Å². The summed E-state index contributed by atoms with van der Waals surface area (Å²) in [6.07, 6.45) is 0.0452. The molecule has 1 amide bonds. The van der Waals surface area contributed by atoms with Crippen LogP contribution in [0.3, 0.4) is 0 Å². The lowest BCUT2D eigenvalue weighted by Gasteiger charge is -2.18. The van der Waals surface area contributed by atoms with Gasteiger partial charge in [-0.25, -0.2) is 0 Å². The highest BCUT2D eigenvalue weighted by atomic mass is 16.5. The van der Waals surface area contributed by atoms with Gasteiger partial charge in [0.15, 0.2) is 6.10 Å². The van der Waals surface area contributed by atoms with E-state index in [2.05, 4.69) is 5.32 Å². The summed E-state index contributed by atoms with van der Waals surface area (Å²) in [6.45, 7) is 5.80. The van der Waals surface area contributed by atoms with Gasteiger partial charge in [-0.05, 0) is 55.7 Å². The third-order valence-corrected chi connectivity index (χ3v) is 3.56. The second-order valence-corrected chi connectivity index (χ2v) is 5.34. The molecule has 116 valence electrons. The van der Waals surface area contributed by atoms with Crippen molar-refractivity contribution in [3.05, 3.63) is 53.6 Å². The van der Waals surface area contributed by atoms with E-state index in [1.54, 1.807) is 0 Å². The van der Waals surface area contributed by atoms with Crippen molar-refractivity contribution in [2.24, 2.45) is 0 Å². The van der Waals surface area contributed by atoms with E-state index in [4.69, 9.17) is 10.5 Å². The number of nitrogen functional groups attached to an aromatic ring is 1. The van der Waals surface area contributed by atoms with Gasteiger partial charge in [0.05, 0.1) is 0 Å². The van der Waals surface area contributed by atoms with Crippen molar-refractivity contribution in [2.45, 2.75) is 33.3 Å². The standard InChI is InChI=1S/C18H22N2O2/c1-4-17(22-14-8-5-7-12(2)11-14)18(21)20-16-10-6-9-15(19)13(16)3/h5-11,17H,4,19H2,1-3H3,(H,20,21)/t17-/m1/s1. The van der Waals surface area contributed by atoms with Crippen LogP contribution in [0.2, 0.25) is 0 Å². The Morgan fingerprint density at radius 2 is 1.95 bits per heavy atom. The lowest BCUT2D eigenvalue weighted by molar-refractivity contribution is -0.122. The van der Waals surface area contributed by atoms with Crippen LogP contribution < -0.4 is 15.8 Å². The van der Waals surface area contributed by atoms with Gasteiger partial charge in [0, 0.05) is 11.4 Å². The molecule has 2 rings (SSSR count). The van der Waals surface area contributed by atoms with Crippen molar-refractivity contribution in [3.63, 3.8) is 0 Å². The molecule has 0 saturated heterocycles. The Bertz CT molecular complexity index is 668. The first-order valence-electron chi connectivity index (χ1n) is 7.40. The Morgan fingerprint density at radius 3 is 2.64 bits per heavy atom. The minimum absolute atomic E-state index is 0.169. The van der Waals surface area contributed by atoms with Crippen LogP contribution in [-0.4, -0.2) is 12.0 Å². The van der Waals surface area contributed by atoms with Gasteiger partial charge >= 0.3 is 0 Å². The molecule has 1 atom stereocenters. The summed E-state index contributed by atoms with van der Waals surface area (Å²) in [6, 6.07) is 13.1. The zero-order valence-corrected chi connectivity index (χ0v) is 13.2. The molecule has 0 aliphatic rings. The lowest BCUT2D eigenvalue weighted by atomic mass is 10.1. The number of carbonyl (C=O) groups excluding carboxylic acids is 1. The second kappa shape index (κ2) is 6.98. The Balaban J connectivity index is 2.10. The highest BCUT2D eigenvalue weighted by Crippen LogP contribution is 2.22. The molecule has 4 heteroatoms. The normalized spacial score (nSPS) is 11.8. The maximum Gasteiger partial charge on any atom is 0.265 e. The van der Waals surface area contributed by atoms with Crippen LogP contribution in [0.25, 0.3) is 0 Å². The molecule has 0 aliphatic carbocycles. The zero-order valence-electron chi connectivity index (χ0n) is 13.2. The quantitative estimate of drug-likeness (QED) is 0.828. The van der Waals surface area contributed by atoms with Crippen LogP contribution in [0.5, 0.6) is 5.75 Å². The van der Waals surface area contributed by atoms with E-state index in [9.17, 15) is 4.79 Å². The minimum Gasteiger partial charge on any atom is -0.481 e. The smallest absolute Gasteiger partial charge is 0.265 e. The van der Waals surface area contributed by atoms with Gasteiger partial charge in [-0.1, -0.05) is 25.1 Å². The highest BCUT2D eigenvalue weighted by Gasteiger charge is 2.19. The molecule has 2 aromatic rings. The predicted octanol–water partition coefficient (Wildman–Crippen LogP) is 3.68. The van der Waals surface area contributed by atoms with Crippen LogP contribution >= 0.6 is 0 Å². The van der Waals surface area contributed by atoms with Gasteiger partial charge in [-0.15, -0.1) is 0 Å². The summed E-state index contributed by atoms with van der Waals surface area (Å²) < 4.78 is 5.81. The first-order valence-corrected chi connectivity index (χ1v) is 7.40. The van der Waals surface area contributed by atoms with Crippen molar-refractivity contribution in [3.8, 4) is 5.75 Å². The van der Waals surface area contributed by atoms with Crippen LogP contribution in [0.1, 0.15) is 24.5 Å². The monoisotopic (exact) mass is 298 g/mol. The summed E-state index contributed by atoms with van der Waals surface area (Å²) in [4.78, 5) is 12.4. The van der Waals surface area contributed by atoms with E-state index in [0.717, 1.165) is 16.8 Å². The molecule has 22 heavy (non-hydrogen) atoms. The van der Waals surface area contributed by atoms with Gasteiger partial charge in [-0.3, -0.25) is 4.79 Å². The fourth-order valence-electron chi connectivity index (χ4n) is 2.18. The number of hydrogen-bond donors (Lipinski definition) is 2. The summed E-state index contributed by atoms with van der Waals surface area (Å²) >= 11 is 0. The first-order chi connectivity index (χ1) is 10.5. The largest absolute Gasteiger partial charge is 0.481 e. The number of carbonyl (C=O) groups is 1. The molecule has 0 radical (unpaired) electrons. The molecule has 0 saturated carbocycles. The van der Waals surface area contributed by atoms with Crippen molar-refractivity contribution in [2.75, 3.05) is 11.1 Å². The van der Waals surface area contributed by atoms with Gasteiger partial charge in [0.1, 0.15) is 5.75 Å². The van der Waals surface area contributed by atoms with E-state index in [1.165, 1.54) is 0 Å².